The van der Waals surface area contributed by atoms with Crippen molar-refractivity contribution in [1.82, 2.24) is 0 Å². The summed E-state index contributed by atoms with van der Waals surface area (Å²) >= 11 is 3.20. The van der Waals surface area contributed by atoms with Crippen LogP contribution in [0.3, 0.4) is 0 Å². The van der Waals surface area contributed by atoms with Gasteiger partial charge in [0.15, 0.2) is 0 Å². The third-order valence-electron chi connectivity index (χ3n) is 2.56. The summed E-state index contributed by atoms with van der Waals surface area (Å²) in [5.74, 6) is 0.0496. The van der Waals surface area contributed by atoms with E-state index in [0.717, 1.165) is 30.6 Å². The number of unbranched alkanes of at least 4 members (excludes halogenated alkanes) is 1. The number of aliphatic hydroxyl groups is 1. The Labute approximate surface area is 111 Å². The molecule has 0 heterocycles. The van der Waals surface area contributed by atoms with Crippen molar-refractivity contribution in [3.05, 3.63) is 29.8 Å². The van der Waals surface area contributed by atoms with Gasteiger partial charge in [-0.05, 0) is 24.1 Å². The number of hydrogen-bond donors (Lipinski definition) is 1. The van der Waals surface area contributed by atoms with Gasteiger partial charge in [0.25, 0.3) is 0 Å². The molecule has 1 amide bonds. The molecule has 1 N–H and O–H groups in total. The van der Waals surface area contributed by atoms with E-state index in [1.54, 1.807) is 4.90 Å². The van der Waals surface area contributed by atoms with Gasteiger partial charge in [0, 0.05) is 12.2 Å². The van der Waals surface area contributed by atoms with Crippen molar-refractivity contribution >= 4 is 27.5 Å². The number of anilines is 1. The average molecular weight is 300 g/mol. The molecule has 94 valence electrons. The summed E-state index contributed by atoms with van der Waals surface area (Å²) in [6.45, 7) is 2.81. The average Bonchev–Trinajstić information content (AvgIpc) is 2.39. The molecule has 0 saturated heterocycles. The number of alkyl halides is 1. The molecule has 3 nitrogen and oxygen atoms in total. The van der Waals surface area contributed by atoms with E-state index in [0.29, 0.717) is 5.33 Å². The predicted molar refractivity (Wildman–Crippen MR) is 73.4 cm³/mol. The van der Waals surface area contributed by atoms with Crippen molar-refractivity contribution in [2.75, 3.05) is 16.8 Å². The summed E-state index contributed by atoms with van der Waals surface area (Å²) in [6, 6.07) is 7.47. The summed E-state index contributed by atoms with van der Waals surface area (Å²) in [4.78, 5) is 13.6. The molecule has 0 unspecified atom stereocenters. The van der Waals surface area contributed by atoms with Crippen LogP contribution in [0.2, 0.25) is 0 Å². The van der Waals surface area contributed by atoms with Crippen molar-refractivity contribution in [3.8, 4) is 0 Å². The van der Waals surface area contributed by atoms with Crippen molar-refractivity contribution in [2.45, 2.75) is 26.4 Å². The van der Waals surface area contributed by atoms with Crippen LogP contribution < -0.4 is 4.90 Å². The van der Waals surface area contributed by atoms with Crippen molar-refractivity contribution in [2.24, 2.45) is 0 Å². The van der Waals surface area contributed by atoms with E-state index >= 15 is 0 Å². The van der Waals surface area contributed by atoms with E-state index in [1.165, 1.54) is 0 Å². The lowest BCUT2D eigenvalue weighted by molar-refractivity contribution is -0.116. The molecular weight excluding hydrogens is 282 g/mol. The Bertz CT molecular complexity index is 368. The molecule has 0 aliphatic rings. The van der Waals surface area contributed by atoms with E-state index in [-0.39, 0.29) is 12.5 Å². The van der Waals surface area contributed by atoms with Gasteiger partial charge in [-0.2, -0.15) is 0 Å². The number of aliphatic hydroxyl groups excluding tert-OH is 1. The van der Waals surface area contributed by atoms with E-state index < -0.39 is 0 Å². The van der Waals surface area contributed by atoms with E-state index in [4.69, 9.17) is 5.11 Å². The van der Waals surface area contributed by atoms with Gasteiger partial charge >= 0.3 is 0 Å². The predicted octanol–water partition coefficient (Wildman–Crippen LogP) is 2.71. The van der Waals surface area contributed by atoms with Gasteiger partial charge in [-0.15, -0.1) is 0 Å². The molecule has 1 rings (SSSR count). The fraction of sp³-hybridized carbons (Fsp3) is 0.462. The summed E-state index contributed by atoms with van der Waals surface area (Å²) in [6.07, 6.45) is 2.02. The van der Waals surface area contributed by atoms with Gasteiger partial charge in [-0.25, -0.2) is 0 Å². The largest absolute Gasteiger partial charge is 0.392 e. The first-order chi connectivity index (χ1) is 8.22. The van der Waals surface area contributed by atoms with Crippen LogP contribution >= 0.6 is 15.9 Å². The van der Waals surface area contributed by atoms with Crippen LogP contribution in [0.1, 0.15) is 25.3 Å². The minimum absolute atomic E-state index is 0.00202. The SMILES string of the molecule is CCCCN(C(=O)CBr)c1cccc(CO)c1. The highest BCUT2D eigenvalue weighted by atomic mass is 79.9. The number of hydrogen-bond acceptors (Lipinski definition) is 2. The third kappa shape index (κ3) is 4.13. The lowest BCUT2D eigenvalue weighted by Crippen LogP contribution is -2.32. The molecule has 1 aromatic rings. The second kappa shape index (κ2) is 7.45. The molecule has 17 heavy (non-hydrogen) atoms. The van der Waals surface area contributed by atoms with Crippen LogP contribution in [0, 0.1) is 0 Å². The van der Waals surface area contributed by atoms with Gasteiger partial charge < -0.3 is 10.0 Å². The van der Waals surface area contributed by atoms with Crippen molar-refractivity contribution in [1.29, 1.82) is 0 Å². The van der Waals surface area contributed by atoms with Crippen LogP contribution in [0.4, 0.5) is 5.69 Å². The molecule has 0 saturated carbocycles. The maximum absolute atomic E-state index is 11.8. The fourth-order valence-corrected chi connectivity index (χ4v) is 1.91. The lowest BCUT2D eigenvalue weighted by Gasteiger charge is -2.22. The summed E-state index contributed by atoms with van der Waals surface area (Å²) in [7, 11) is 0. The molecule has 0 radical (unpaired) electrons. The van der Waals surface area contributed by atoms with Crippen LogP contribution in [0.25, 0.3) is 0 Å². The summed E-state index contributed by atoms with van der Waals surface area (Å²) in [5.41, 5.74) is 1.68. The molecule has 0 bridgehead atoms. The Morgan fingerprint density at radius 2 is 2.24 bits per heavy atom. The summed E-state index contributed by atoms with van der Waals surface area (Å²) < 4.78 is 0. The smallest absolute Gasteiger partial charge is 0.237 e. The molecule has 0 aliphatic carbocycles. The first-order valence-electron chi connectivity index (χ1n) is 5.79. The standard InChI is InChI=1S/C13H18BrNO2/c1-2-3-7-15(13(17)9-14)12-6-4-5-11(8-12)10-16/h4-6,8,16H,2-3,7,9-10H2,1H3. The van der Waals surface area contributed by atoms with Crippen LogP contribution in [0.5, 0.6) is 0 Å². The first-order valence-corrected chi connectivity index (χ1v) is 6.91. The number of halogens is 1. The molecule has 1 aromatic carbocycles. The summed E-state index contributed by atoms with van der Waals surface area (Å²) in [5, 5.41) is 9.42. The van der Waals surface area contributed by atoms with Gasteiger partial charge in [0.05, 0.1) is 11.9 Å². The highest BCUT2D eigenvalue weighted by Crippen LogP contribution is 2.18. The number of amides is 1. The molecule has 4 heteroatoms. The van der Waals surface area contributed by atoms with Gasteiger partial charge in [0.1, 0.15) is 0 Å². The quantitative estimate of drug-likeness (QED) is 0.821. The number of carbonyl (C=O) groups is 1. The normalized spacial score (nSPS) is 10.3. The number of benzene rings is 1. The fourth-order valence-electron chi connectivity index (χ4n) is 1.61. The van der Waals surface area contributed by atoms with Crippen LogP contribution in [0.15, 0.2) is 24.3 Å². The van der Waals surface area contributed by atoms with Crippen molar-refractivity contribution < 1.29 is 9.90 Å². The molecule has 0 aliphatic heterocycles. The Balaban J connectivity index is 2.90. The van der Waals surface area contributed by atoms with Crippen LogP contribution in [-0.4, -0.2) is 22.9 Å². The number of nitrogens with zero attached hydrogens (tertiary/aromatic N) is 1. The molecular formula is C13H18BrNO2. The number of rotatable bonds is 6. The van der Waals surface area contributed by atoms with E-state index in [9.17, 15) is 4.79 Å². The molecule has 0 spiro atoms. The topological polar surface area (TPSA) is 40.5 Å². The third-order valence-corrected chi connectivity index (χ3v) is 3.04. The Kier molecular flexibility index (Phi) is 6.22. The van der Waals surface area contributed by atoms with Gasteiger partial charge in [0.2, 0.25) is 5.91 Å². The highest BCUT2D eigenvalue weighted by molar-refractivity contribution is 9.09. The second-order valence-corrected chi connectivity index (χ2v) is 4.42. The zero-order valence-electron chi connectivity index (χ0n) is 10.0. The van der Waals surface area contributed by atoms with Gasteiger partial charge in [-0.3, -0.25) is 4.79 Å². The number of carbonyl (C=O) groups excluding carboxylic acids is 1. The second-order valence-electron chi connectivity index (χ2n) is 3.86. The van der Waals surface area contributed by atoms with E-state index in [2.05, 4.69) is 22.9 Å². The maximum atomic E-state index is 11.8. The minimum Gasteiger partial charge on any atom is -0.392 e. The maximum Gasteiger partial charge on any atom is 0.237 e. The molecule has 0 atom stereocenters. The zero-order chi connectivity index (χ0) is 12.7. The monoisotopic (exact) mass is 299 g/mol. The Morgan fingerprint density at radius 1 is 1.47 bits per heavy atom. The Hall–Kier alpha value is -0.870. The molecule has 0 aromatic heterocycles. The Morgan fingerprint density at radius 3 is 2.82 bits per heavy atom. The van der Waals surface area contributed by atoms with Crippen molar-refractivity contribution in [3.63, 3.8) is 0 Å². The molecule has 0 fully saturated rings. The highest BCUT2D eigenvalue weighted by Gasteiger charge is 2.13. The lowest BCUT2D eigenvalue weighted by atomic mass is 10.2. The first kappa shape index (κ1) is 14.2. The minimum atomic E-state index is -0.00202. The van der Waals surface area contributed by atoms with Gasteiger partial charge in [-0.1, -0.05) is 41.4 Å². The van der Waals surface area contributed by atoms with Crippen LogP contribution in [-0.2, 0) is 11.4 Å². The zero-order valence-corrected chi connectivity index (χ0v) is 11.6. The van der Waals surface area contributed by atoms with E-state index in [1.807, 2.05) is 24.3 Å².